The van der Waals surface area contributed by atoms with Gasteiger partial charge in [-0.3, -0.25) is 10.2 Å². The molecule has 1 aromatic heterocycles. The molecule has 17 heavy (non-hydrogen) atoms. The van der Waals surface area contributed by atoms with E-state index >= 15 is 0 Å². The molecule has 2 aromatic rings. The zero-order chi connectivity index (χ0) is 12.1. The minimum atomic E-state index is -0.179. The molecule has 0 saturated carbocycles. The lowest BCUT2D eigenvalue weighted by atomic mass is 10.1. The molecule has 0 atom stereocenters. The van der Waals surface area contributed by atoms with Crippen molar-refractivity contribution in [3.63, 3.8) is 0 Å². The Morgan fingerprint density at radius 3 is 3.00 bits per heavy atom. The van der Waals surface area contributed by atoms with Crippen molar-refractivity contribution in [1.29, 1.82) is 0 Å². The maximum absolute atomic E-state index is 8.41. The molecule has 0 aliphatic carbocycles. The Balaban J connectivity index is 2.36. The molecule has 0 radical (unpaired) electrons. The largest absolute Gasteiger partial charge is 0.367 e. The Morgan fingerprint density at radius 1 is 1.35 bits per heavy atom. The number of fused-ring (bicyclic) bond motifs is 1. The van der Waals surface area contributed by atoms with Crippen LogP contribution in [0.3, 0.4) is 0 Å². The van der Waals surface area contributed by atoms with Gasteiger partial charge in [0.15, 0.2) is 0 Å². The van der Waals surface area contributed by atoms with Crippen molar-refractivity contribution in [3.8, 4) is 0 Å². The summed E-state index contributed by atoms with van der Waals surface area (Å²) in [6.07, 6.45) is 3.17. The highest BCUT2D eigenvalue weighted by molar-refractivity contribution is 5.97. The van der Waals surface area contributed by atoms with E-state index in [9.17, 15) is 0 Å². The topological polar surface area (TPSA) is 95.9 Å². The first-order valence-electron chi connectivity index (χ1n) is 4.91. The van der Waals surface area contributed by atoms with E-state index in [0.717, 1.165) is 10.8 Å². The van der Waals surface area contributed by atoms with E-state index in [1.165, 1.54) is 6.21 Å². The molecule has 1 aromatic carbocycles. The van der Waals surface area contributed by atoms with Gasteiger partial charge in [-0.2, -0.15) is 5.10 Å². The minimum absolute atomic E-state index is 0.179. The van der Waals surface area contributed by atoms with Crippen molar-refractivity contribution in [1.82, 2.24) is 10.5 Å². The molecule has 1 heterocycles. The lowest BCUT2D eigenvalue weighted by Crippen LogP contribution is -2.27. The third-order valence-corrected chi connectivity index (χ3v) is 2.16. The average molecular weight is 229 g/mol. The molecule has 0 aliphatic heterocycles. The Labute approximate surface area is 97.5 Å². The van der Waals surface area contributed by atoms with Gasteiger partial charge in [-0.1, -0.05) is 24.3 Å². The summed E-state index contributed by atoms with van der Waals surface area (Å²) in [5.41, 5.74) is 7.58. The first-order valence-corrected chi connectivity index (χ1v) is 4.91. The van der Waals surface area contributed by atoms with Crippen molar-refractivity contribution in [2.45, 2.75) is 0 Å². The molecule has 86 valence electrons. The Kier molecular flexibility index (Phi) is 3.27. The fourth-order valence-corrected chi connectivity index (χ4v) is 1.41. The monoisotopic (exact) mass is 229 g/mol. The molecule has 0 bridgehead atoms. The molecular weight excluding hydrogens is 218 g/mol. The van der Waals surface area contributed by atoms with Crippen LogP contribution in [0.4, 0.5) is 0 Å². The molecule has 0 aliphatic rings. The summed E-state index contributed by atoms with van der Waals surface area (Å²) in [4.78, 5) is 4.19. The molecule has 0 amide bonds. The van der Waals surface area contributed by atoms with E-state index in [-0.39, 0.29) is 5.96 Å². The molecule has 0 fully saturated rings. The molecule has 6 heteroatoms. The highest BCUT2D eigenvalue weighted by Crippen LogP contribution is 2.14. The van der Waals surface area contributed by atoms with E-state index in [2.05, 4.69) is 15.2 Å². The van der Waals surface area contributed by atoms with Crippen LogP contribution in [0.1, 0.15) is 5.69 Å². The van der Waals surface area contributed by atoms with Gasteiger partial charge in [-0.25, -0.2) is 5.48 Å². The lowest BCUT2D eigenvalue weighted by Gasteiger charge is -1.99. The number of hydrogen-bond acceptors (Lipinski definition) is 4. The number of benzene rings is 1. The van der Waals surface area contributed by atoms with E-state index in [1.807, 2.05) is 30.3 Å². The molecule has 0 saturated heterocycles. The third-order valence-electron chi connectivity index (χ3n) is 2.16. The smallest absolute Gasteiger partial charge is 0.237 e. The molecule has 0 unspecified atom stereocenters. The Hall–Kier alpha value is -2.47. The number of rotatable bonds is 2. The summed E-state index contributed by atoms with van der Waals surface area (Å²) in [7, 11) is 0. The minimum Gasteiger partial charge on any atom is -0.367 e. The number of guanidine groups is 1. The quantitative estimate of drug-likeness (QED) is 0.404. The van der Waals surface area contributed by atoms with Crippen LogP contribution >= 0.6 is 0 Å². The maximum Gasteiger partial charge on any atom is 0.237 e. The maximum atomic E-state index is 8.41. The summed E-state index contributed by atoms with van der Waals surface area (Å²) in [5.74, 6) is -0.179. The van der Waals surface area contributed by atoms with Crippen LogP contribution in [-0.2, 0) is 0 Å². The third kappa shape index (κ3) is 2.56. The first-order chi connectivity index (χ1) is 8.31. The van der Waals surface area contributed by atoms with E-state index < -0.39 is 0 Å². The zero-order valence-electron chi connectivity index (χ0n) is 8.91. The van der Waals surface area contributed by atoms with Crippen molar-refractivity contribution in [2.75, 3.05) is 0 Å². The van der Waals surface area contributed by atoms with Gasteiger partial charge in [0.2, 0.25) is 5.96 Å². The van der Waals surface area contributed by atoms with Gasteiger partial charge in [-0.15, -0.1) is 5.10 Å². The van der Waals surface area contributed by atoms with Crippen molar-refractivity contribution in [3.05, 3.63) is 42.2 Å². The molecule has 6 nitrogen and oxygen atoms in total. The van der Waals surface area contributed by atoms with Crippen molar-refractivity contribution in [2.24, 2.45) is 15.9 Å². The number of hydrogen-bond donors (Lipinski definition) is 3. The number of nitrogens with two attached hydrogens (primary N) is 1. The fraction of sp³-hybridized carbons (Fsp3) is 0. The van der Waals surface area contributed by atoms with Crippen LogP contribution in [0.5, 0.6) is 0 Å². The standard InChI is InChI=1S/C11H11N5O/c12-11(16-17)15-14-7-10-9-4-2-1-3-8(9)5-6-13-10/h1-7,17H,(H3,12,15,16)/b14-7+. The van der Waals surface area contributed by atoms with E-state index in [0.29, 0.717) is 5.69 Å². The van der Waals surface area contributed by atoms with Gasteiger partial charge in [-0.05, 0) is 11.5 Å². The SMILES string of the molecule is NC(=N/N=C/c1nccc2ccccc12)NO. The Morgan fingerprint density at radius 2 is 2.18 bits per heavy atom. The number of nitrogens with one attached hydrogen (secondary N) is 1. The highest BCUT2D eigenvalue weighted by Gasteiger charge is 1.97. The van der Waals surface area contributed by atoms with Gasteiger partial charge in [0.05, 0.1) is 11.9 Å². The van der Waals surface area contributed by atoms with Crippen LogP contribution in [0.25, 0.3) is 10.8 Å². The molecule has 2 rings (SSSR count). The van der Waals surface area contributed by atoms with Gasteiger partial charge >= 0.3 is 0 Å². The Bertz CT molecular complexity index is 574. The predicted octanol–water partition coefficient (Wildman–Crippen LogP) is 0.862. The van der Waals surface area contributed by atoms with Crippen LogP contribution in [-0.4, -0.2) is 22.4 Å². The van der Waals surface area contributed by atoms with Crippen molar-refractivity contribution >= 4 is 22.9 Å². The number of nitrogens with zero attached hydrogens (tertiary/aromatic N) is 3. The second kappa shape index (κ2) is 5.04. The number of aromatic nitrogens is 1. The van der Waals surface area contributed by atoms with Crippen LogP contribution in [0.15, 0.2) is 46.7 Å². The molecule has 4 N–H and O–H groups in total. The van der Waals surface area contributed by atoms with Crippen LogP contribution in [0, 0.1) is 0 Å². The van der Waals surface area contributed by atoms with E-state index in [4.69, 9.17) is 10.9 Å². The second-order valence-corrected chi connectivity index (χ2v) is 3.26. The van der Waals surface area contributed by atoms with Gasteiger partial charge in [0.25, 0.3) is 0 Å². The molecular formula is C11H11N5O. The fourth-order valence-electron chi connectivity index (χ4n) is 1.41. The second-order valence-electron chi connectivity index (χ2n) is 3.26. The van der Waals surface area contributed by atoms with Gasteiger partial charge in [0, 0.05) is 11.6 Å². The normalized spacial score (nSPS) is 12.2. The lowest BCUT2D eigenvalue weighted by molar-refractivity contribution is 0.232. The van der Waals surface area contributed by atoms with Gasteiger partial charge < -0.3 is 5.73 Å². The summed E-state index contributed by atoms with van der Waals surface area (Å²) >= 11 is 0. The summed E-state index contributed by atoms with van der Waals surface area (Å²) in [6, 6.07) is 9.73. The van der Waals surface area contributed by atoms with Crippen LogP contribution < -0.4 is 11.2 Å². The summed E-state index contributed by atoms with van der Waals surface area (Å²) in [5, 5.41) is 17.7. The predicted molar refractivity (Wildman–Crippen MR) is 65.9 cm³/mol. The first kappa shape index (κ1) is 11.0. The summed E-state index contributed by atoms with van der Waals surface area (Å²) in [6.45, 7) is 0. The molecule has 0 spiro atoms. The highest BCUT2D eigenvalue weighted by atomic mass is 16.5. The van der Waals surface area contributed by atoms with Gasteiger partial charge in [0.1, 0.15) is 0 Å². The zero-order valence-corrected chi connectivity index (χ0v) is 8.91. The van der Waals surface area contributed by atoms with Crippen LogP contribution in [0.2, 0.25) is 0 Å². The number of hydroxylamine groups is 1. The summed E-state index contributed by atoms with van der Waals surface area (Å²) < 4.78 is 0. The number of pyridine rings is 1. The average Bonchev–Trinajstić information content (AvgIpc) is 2.39. The van der Waals surface area contributed by atoms with Crippen molar-refractivity contribution < 1.29 is 5.21 Å². The van der Waals surface area contributed by atoms with E-state index in [1.54, 1.807) is 11.7 Å².